The molecular formula is C19H17Br. The van der Waals surface area contributed by atoms with Gasteiger partial charge < -0.3 is 0 Å². The molecule has 1 heteroatoms. The van der Waals surface area contributed by atoms with E-state index in [1.807, 2.05) is 0 Å². The summed E-state index contributed by atoms with van der Waals surface area (Å²) < 4.78 is 0. The number of hydrogen-bond acceptors (Lipinski definition) is 0. The van der Waals surface area contributed by atoms with Crippen molar-refractivity contribution in [3.63, 3.8) is 0 Å². The summed E-state index contributed by atoms with van der Waals surface area (Å²) in [6.07, 6.45) is 0. The van der Waals surface area contributed by atoms with Gasteiger partial charge in [0.1, 0.15) is 0 Å². The van der Waals surface area contributed by atoms with E-state index in [1.54, 1.807) is 0 Å². The van der Waals surface area contributed by atoms with Crippen LogP contribution in [0.5, 0.6) is 0 Å². The third kappa shape index (κ3) is 2.38. The lowest BCUT2D eigenvalue weighted by Crippen LogP contribution is -1.95. The molecule has 0 aliphatic heterocycles. The summed E-state index contributed by atoms with van der Waals surface area (Å²) in [4.78, 5) is 0.230. The molecule has 0 heterocycles. The number of alkyl halides is 1. The maximum atomic E-state index is 3.87. The molecule has 3 rings (SSSR count). The molecule has 0 aliphatic rings. The SMILES string of the molecule is Cc1cccc(C(Br)c2ccc(C)c3ccccc23)c1. The molecule has 3 aromatic carbocycles. The fourth-order valence-electron chi connectivity index (χ4n) is 2.70. The summed E-state index contributed by atoms with van der Waals surface area (Å²) in [6.45, 7) is 4.30. The first-order chi connectivity index (χ1) is 9.66. The van der Waals surface area contributed by atoms with Crippen LogP contribution in [0.15, 0.2) is 60.7 Å². The van der Waals surface area contributed by atoms with Crippen molar-refractivity contribution in [2.75, 3.05) is 0 Å². The normalized spacial score (nSPS) is 12.6. The number of hydrogen-bond donors (Lipinski definition) is 0. The van der Waals surface area contributed by atoms with Gasteiger partial charge in [0.15, 0.2) is 0 Å². The second-order valence-electron chi connectivity index (χ2n) is 5.29. The first kappa shape index (κ1) is 13.4. The molecule has 100 valence electrons. The molecule has 0 saturated carbocycles. The van der Waals surface area contributed by atoms with E-state index in [-0.39, 0.29) is 4.83 Å². The van der Waals surface area contributed by atoms with Gasteiger partial charge in [0, 0.05) is 0 Å². The predicted octanol–water partition coefficient (Wildman–Crippen LogP) is 5.94. The van der Waals surface area contributed by atoms with Crippen LogP contribution in [-0.2, 0) is 0 Å². The van der Waals surface area contributed by atoms with Crippen molar-refractivity contribution in [2.24, 2.45) is 0 Å². The van der Waals surface area contributed by atoms with Crippen molar-refractivity contribution in [3.05, 3.63) is 82.9 Å². The second kappa shape index (κ2) is 5.41. The van der Waals surface area contributed by atoms with Gasteiger partial charge in [0.05, 0.1) is 4.83 Å². The van der Waals surface area contributed by atoms with Gasteiger partial charge in [-0.25, -0.2) is 0 Å². The average Bonchev–Trinajstić information content (AvgIpc) is 2.47. The lowest BCUT2D eigenvalue weighted by molar-refractivity contribution is 1.18. The zero-order chi connectivity index (χ0) is 14.1. The first-order valence-corrected chi connectivity index (χ1v) is 7.77. The Labute approximate surface area is 128 Å². The van der Waals surface area contributed by atoms with Crippen molar-refractivity contribution in [3.8, 4) is 0 Å². The molecule has 0 amide bonds. The Morgan fingerprint density at radius 3 is 2.30 bits per heavy atom. The van der Waals surface area contributed by atoms with Crippen LogP contribution >= 0.6 is 15.9 Å². The van der Waals surface area contributed by atoms with E-state index in [4.69, 9.17) is 0 Å². The standard InChI is InChI=1S/C19H17Br/c1-13-6-5-7-15(12-13)19(20)18-11-10-14(2)16-8-3-4-9-17(16)18/h3-12,19H,1-2H3. The smallest absolute Gasteiger partial charge is 0.0650 e. The highest BCUT2D eigenvalue weighted by Crippen LogP contribution is 2.36. The molecule has 0 aromatic heterocycles. The van der Waals surface area contributed by atoms with Crippen LogP contribution < -0.4 is 0 Å². The summed E-state index contributed by atoms with van der Waals surface area (Å²) in [5.74, 6) is 0. The van der Waals surface area contributed by atoms with E-state index in [0.29, 0.717) is 0 Å². The van der Waals surface area contributed by atoms with E-state index in [1.165, 1.54) is 33.0 Å². The summed E-state index contributed by atoms with van der Waals surface area (Å²) in [6, 6.07) is 21.8. The van der Waals surface area contributed by atoms with Gasteiger partial charge >= 0.3 is 0 Å². The van der Waals surface area contributed by atoms with Gasteiger partial charge in [-0.1, -0.05) is 82.2 Å². The minimum Gasteiger partial charge on any atom is -0.0786 e. The van der Waals surface area contributed by atoms with Crippen LogP contribution in [0.3, 0.4) is 0 Å². The Hall–Kier alpha value is -1.60. The zero-order valence-electron chi connectivity index (χ0n) is 11.7. The molecular weight excluding hydrogens is 308 g/mol. The Morgan fingerprint density at radius 1 is 0.800 bits per heavy atom. The van der Waals surface area contributed by atoms with Crippen molar-refractivity contribution in [2.45, 2.75) is 18.7 Å². The molecule has 0 spiro atoms. The summed E-state index contributed by atoms with van der Waals surface area (Å²) in [7, 11) is 0. The van der Waals surface area contributed by atoms with Gasteiger partial charge in [0.2, 0.25) is 0 Å². The topological polar surface area (TPSA) is 0 Å². The van der Waals surface area contributed by atoms with Crippen molar-refractivity contribution < 1.29 is 0 Å². The third-order valence-corrected chi connectivity index (χ3v) is 4.81. The van der Waals surface area contributed by atoms with Gasteiger partial charge in [-0.3, -0.25) is 0 Å². The van der Waals surface area contributed by atoms with E-state index in [9.17, 15) is 0 Å². The monoisotopic (exact) mass is 324 g/mol. The number of benzene rings is 3. The van der Waals surface area contributed by atoms with Crippen LogP contribution in [-0.4, -0.2) is 0 Å². The van der Waals surface area contributed by atoms with Crippen LogP contribution in [0.4, 0.5) is 0 Å². The Balaban J connectivity index is 2.17. The number of rotatable bonds is 2. The summed E-state index contributed by atoms with van der Waals surface area (Å²) in [5, 5.41) is 2.66. The Morgan fingerprint density at radius 2 is 1.55 bits per heavy atom. The summed E-state index contributed by atoms with van der Waals surface area (Å²) in [5.41, 5.74) is 5.26. The van der Waals surface area contributed by atoms with Crippen LogP contribution in [0.1, 0.15) is 27.1 Å². The highest BCUT2D eigenvalue weighted by Gasteiger charge is 2.14. The zero-order valence-corrected chi connectivity index (χ0v) is 13.3. The fourth-order valence-corrected chi connectivity index (χ4v) is 3.39. The van der Waals surface area contributed by atoms with Gasteiger partial charge in [-0.2, -0.15) is 0 Å². The number of fused-ring (bicyclic) bond motifs is 1. The van der Waals surface area contributed by atoms with Gasteiger partial charge in [0.25, 0.3) is 0 Å². The lowest BCUT2D eigenvalue weighted by Gasteiger charge is -2.15. The first-order valence-electron chi connectivity index (χ1n) is 6.85. The molecule has 1 unspecified atom stereocenters. The third-order valence-electron chi connectivity index (χ3n) is 3.78. The van der Waals surface area contributed by atoms with E-state index in [0.717, 1.165) is 0 Å². The molecule has 0 nitrogen and oxygen atoms in total. The van der Waals surface area contributed by atoms with E-state index < -0.39 is 0 Å². The minimum atomic E-state index is 0.230. The van der Waals surface area contributed by atoms with Crippen molar-refractivity contribution in [1.29, 1.82) is 0 Å². The highest BCUT2D eigenvalue weighted by atomic mass is 79.9. The highest BCUT2D eigenvalue weighted by molar-refractivity contribution is 9.09. The summed E-state index contributed by atoms with van der Waals surface area (Å²) >= 11 is 3.87. The van der Waals surface area contributed by atoms with Crippen LogP contribution in [0.2, 0.25) is 0 Å². The maximum absolute atomic E-state index is 3.87. The van der Waals surface area contributed by atoms with Crippen LogP contribution in [0, 0.1) is 13.8 Å². The van der Waals surface area contributed by atoms with Gasteiger partial charge in [-0.05, 0) is 41.3 Å². The van der Waals surface area contributed by atoms with Crippen molar-refractivity contribution in [1.82, 2.24) is 0 Å². The van der Waals surface area contributed by atoms with Crippen LogP contribution in [0.25, 0.3) is 10.8 Å². The molecule has 0 N–H and O–H groups in total. The van der Waals surface area contributed by atoms with Crippen molar-refractivity contribution >= 4 is 26.7 Å². The maximum Gasteiger partial charge on any atom is 0.0650 e. The second-order valence-corrected chi connectivity index (χ2v) is 6.21. The molecule has 1 atom stereocenters. The molecule has 0 bridgehead atoms. The molecule has 0 aliphatic carbocycles. The lowest BCUT2D eigenvalue weighted by atomic mass is 9.95. The number of aryl methyl sites for hydroxylation is 2. The predicted molar refractivity (Wildman–Crippen MR) is 90.6 cm³/mol. The molecule has 3 aromatic rings. The largest absolute Gasteiger partial charge is 0.0786 e. The molecule has 0 fully saturated rings. The molecule has 0 radical (unpaired) electrons. The quantitative estimate of drug-likeness (QED) is 0.511. The Kier molecular flexibility index (Phi) is 3.62. The molecule has 20 heavy (non-hydrogen) atoms. The van der Waals surface area contributed by atoms with Gasteiger partial charge in [-0.15, -0.1) is 0 Å². The number of halogens is 1. The van der Waals surface area contributed by atoms with E-state index in [2.05, 4.69) is 90.4 Å². The average molecular weight is 325 g/mol. The Bertz CT molecular complexity index is 759. The minimum absolute atomic E-state index is 0.230. The fraction of sp³-hybridized carbons (Fsp3) is 0.158. The van der Waals surface area contributed by atoms with E-state index >= 15 is 0 Å². The molecule has 0 saturated heterocycles.